The van der Waals surface area contributed by atoms with Crippen molar-refractivity contribution >= 4 is 48.9 Å². The van der Waals surface area contributed by atoms with Gasteiger partial charge in [-0.05, 0) is 74.2 Å². The summed E-state index contributed by atoms with van der Waals surface area (Å²) in [5.41, 5.74) is 5.20. The van der Waals surface area contributed by atoms with Crippen molar-refractivity contribution in [1.82, 2.24) is 4.98 Å². The van der Waals surface area contributed by atoms with Crippen LogP contribution in [0.25, 0.3) is 22.0 Å². The van der Waals surface area contributed by atoms with Crippen LogP contribution in [0.1, 0.15) is 78.4 Å². The van der Waals surface area contributed by atoms with Gasteiger partial charge in [0.1, 0.15) is 5.75 Å². The normalized spacial score (nSPS) is 12.4. The number of aromatic amines is 1. The molecule has 0 saturated carbocycles. The quantitative estimate of drug-likeness (QED) is 0.103. The van der Waals surface area contributed by atoms with Gasteiger partial charge >= 0.3 is 0 Å². The third kappa shape index (κ3) is 6.46. The van der Waals surface area contributed by atoms with Crippen LogP contribution in [0.2, 0.25) is 0 Å². The van der Waals surface area contributed by atoms with E-state index in [1.165, 1.54) is 5.56 Å². The van der Waals surface area contributed by atoms with Gasteiger partial charge in [0.05, 0.1) is 22.3 Å². The second-order valence-corrected chi connectivity index (χ2v) is 15.2. The second-order valence-electron chi connectivity index (χ2n) is 14.9. The number of fused-ring (bicyclic) bond motifs is 2. The standard InChI is InChI=1S/C43H40N3O4P/c1-42(2,3)24-43(4,5)26-15-21-29(22-16-26)50-33-23-32(44-27-17-19-28(46-51)20-18-27)35-36-34(30-13-9-10-14-31(30)40(35)48)37(41(49)45-38(33)36)39(47)25-11-7-6-8-12-25/h6-23,44,46H,24,51H2,1-5H3,(H,45,49). The Labute approximate surface area is 299 Å². The molecule has 256 valence electrons. The highest BCUT2D eigenvalue weighted by atomic mass is 31.0. The van der Waals surface area contributed by atoms with Crippen LogP contribution >= 0.6 is 9.39 Å². The van der Waals surface area contributed by atoms with Gasteiger partial charge in [-0.15, -0.1) is 0 Å². The maximum absolute atomic E-state index is 14.5. The molecule has 0 radical (unpaired) electrons. The number of anilines is 3. The van der Waals surface area contributed by atoms with Gasteiger partial charge in [-0.1, -0.05) is 101 Å². The summed E-state index contributed by atoms with van der Waals surface area (Å²) in [5.74, 6) is 0.247. The lowest BCUT2D eigenvalue weighted by Crippen LogP contribution is -2.24. The Morgan fingerprint density at radius 3 is 2.04 bits per heavy atom. The molecule has 0 saturated heterocycles. The van der Waals surface area contributed by atoms with E-state index in [0.29, 0.717) is 55.9 Å². The molecule has 0 aliphatic heterocycles. The molecule has 1 aliphatic carbocycles. The van der Waals surface area contributed by atoms with Crippen LogP contribution in [0.4, 0.5) is 17.1 Å². The molecule has 0 bridgehead atoms. The Kier molecular flexibility index (Phi) is 8.64. The summed E-state index contributed by atoms with van der Waals surface area (Å²) in [6.45, 7) is 11.2. The van der Waals surface area contributed by atoms with Crippen LogP contribution in [-0.2, 0) is 5.41 Å². The van der Waals surface area contributed by atoms with E-state index < -0.39 is 11.3 Å². The molecule has 6 aromatic rings. The van der Waals surface area contributed by atoms with Gasteiger partial charge in [0.25, 0.3) is 5.56 Å². The zero-order valence-electron chi connectivity index (χ0n) is 29.3. The van der Waals surface area contributed by atoms with Gasteiger partial charge < -0.3 is 20.1 Å². The topological polar surface area (TPSA) is 100 Å². The van der Waals surface area contributed by atoms with Gasteiger partial charge in [-0.3, -0.25) is 14.4 Å². The maximum atomic E-state index is 14.5. The molecule has 1 atom stereocenters. The average molecular weight is 694 g/mol. The van der Waals surface area contributed by atoms with Crippen molar-refractivity contribution in [1.29, 1.82) is 0 Å². The molecule has 0 fully saturated rings. The predicted octanol–water partition coefficient (Wildman–Crippen LogP) is 10.4. The summed E-state index contributed by atoms with van der Waals surface area (Å²) in [7, 11) is 2.48. The van der Waals surface area contributed by atoms with E-state index >= 15 is 0 Å². The SMILES string of the molecule is CC(C)(C)CC(C)(C)c1ccc(Oc2cc(Nc3ccc(NP)cc3)c3c4c(c(C(=O)c5ccccc5)c(=O)[nH]c24)-c2ccccc2C3=O)cc1. The van der Waals surface area contributed by atoms with E-state index in [-0.39, 0.29) is 22.2 Å². The maximum Gasteiger partial charge on any atom is 0.260 e. The van der Waals surface area contributed by atoms with Crippen molar-refractivity contribution in [3.63, 3.8) is 0 Å². The third-order valence-corrected chi connectivity index (χ3v) is 9.69. The highest BCUT2D eigenvalue weighted by molar-refractivity contribution is 7.18. The van der Waals surface area contributed by atoms with Gasteiger partial charge in [-0.2, -0.15) is 0 Å². The number of ether oxygens (including phenoxy) is 1. The van der Waals surface area contributed by atoms with Crippen molar-refractivity contribution in [2.75, 3.05) is 10.4 Å². The smallest absolute Gasteiger partial charge is 0.260 e. The van der Waals surface area contributed by atoms with Crippen LogP contribution in [-0.4, -0.2) is 16.6 Å². The summed E-state index contributed by atoms with van der Waals surface area (Å²) < 4.78 is 6.60. The summed E-state index contributed by atoms with van der Waals surface area (Å²) in [4.78, 5) is 45.7. The van der Waals surface area contributed by atoms with Crippen molar-refractivity contribution in [3.8, 4) is 22.6 Å². The number of carbonyl (C=O) groups excluding carboxylic acids is 2. The number of rotatable bonds is 9. The number of aromatic nitrogens is 1. The van der Waals surface area contributed by atoms with Crippen LogP contribution < -0.4 is 20.7 Å². The molecule has 7 nitrogen and oxygen atoms in total. The Balaban J connectivity index is 1.46. The first kappa shape index (κ1) is 34.0. The molecule has 7 rings (SSSR count). The lowest BCUT2D eigenvalue weighted by Gasteiger charge is -2.33. The average Bonchev–Trinajstić information content (AvgIpc) is 3.10. The minimum atomic E-state index is -0.563. The number of H-pyrrole nitrogens is 1. The number of carbonyl (C=O) groups is 2. The van der Waals surface area contributed by atoms with Crippen LogP contribution in [0.15, 0.2) is 114 Å². The molecule has 1 unspecified atom stereocenters. The molecular formula is C43H40N3O4P. The monoisotopic (exact) mass is 693 g/mol. The minimum Gasteiger partial charge on any atom is -0.455 e. The van der Waals surface area contributed by atoms with E-state index in [1.54, 1.807) is 48.5 Å². The van der Waals surface area contributed by atoms with Gasteiger partial charge in [0.2, 0.25) is 0 Å². The number of ketones is 2. The van der Waals surface area contributed by atoms with Crippen molar-refractivity contribution < 1.29 is 14.3 Å². The van der Waals surface area contributed by atoms with E-state index in [4.69, 9.17) is 4.74 Å². The fraction of sp³-hybridized carbons (Fsp3) is 0.186. The molecule has 8 heteroatoms. The molecule has 1 aliphatic rings. The Morgan fingerprint density at radius 2 is 1.39 bits per heavy atom. The summed E-state index contributed by atoms with van der Waals surface area (Å²) in [6.07, 6.45) is 0.999. The molecule has 1 heterocycles. The lowest BCUT2D eigenvalue weighted by atomic mass is 9.72. The number of nitrogens with one attached hydrogen (secondary N) is 3. The first-order valence-corrected chi connectivity index (χ1v) is 17.6. The molecule has 5 aromatic carbocycles. The van der Waals surface area contributed by atoms with Crippen LogP contribution in [0.3, 0.4) is 0 Å². The zero-order chi connectivity index (χ0) is 36.1. The molecule has 3 N–H and O–H groups in total. The van der Waals surface area contributed by atoms with Crippen molar-refractivity contribution in [2.24, 2.45) is 5.41 Å². The Bertz CT molecular complexity index is 2370. The molecule has 1 aromatic heterocycles. The number of hydrogen-bond acceptors (Lipinski definition) is 6. The summed E-state index contributed by atoms with van der Waals surface area (Å²) in [6, 6.07) is 33.2. The molecule has 0 spiro atoms. The highest BCUT2D eigenvalue weighted by Crippen LogP contribution is 2.47. The molecule has 51 heavy (non-hydrogen) atoms. The molecule has 0 amide bonds. The van der Waals surface area contributed by atoms with E-state index in [9.17, 15) is 14.4 Å². The van der Waals surface area contributed by atoms with Gasteiger partial charge in [0.15, 0.2) is 17.3 Å². The summed E-state index contributed by atoms with van der Waals surface area (Å²) >= 11 is 0. The van der Waals surface area contributed by atoms with E-state index in [2.05, 4.69) is 71.5 Å². The van der Waals surface area contributed by atoms with Gasteiger partial charge in [-0.25, -0.2) is 0 Å². The van der Waals surface area contributed by atoms with E-state index in [0.717, 1.165) is 17.8 Å². The fourth-order valence-electron chi connectivity index (χ4n) is 7.45. The number of benzene rings is 5. The zero-order valence-corrected chi connectivity index (χ0v) is 30.5. The second kappa shape index (κ2) is 13.0. The minimum absolute atomic E-state index is 0.0284. The fourth-order valence-corrected chi connectivity index (χ4v) is 7.64. The van der Waals surface area contributed by atoms with Crippen molar-refractivity contribution in [2.45, 2.75) is 46.5 Å². The third-order valence-electron chi connectivity index (χ3n) is 9.35. The molecular weight excluding hydrogens is 653 g/mol. The lowest BCUT2D eigenvalue weighted by molar-refractivity contribution is 0.102. The largest absolute Gasteiger partial charge is 0.455 e. The Morgan fingerprint density at radius 1 is 0.765 bits per heavy atom. The van der Waals surface area contributed by atoms with E-state index in [1.807, 2.05) is 48.5 Å². The predicted molar refractivity (Wildman–Crippen MR) is 210 cm³/mol. The first-order chi connectivity index (χ1) is 24.3. The number of pyridine rings is 1. The number of hydrogen-bond donors (Lipinski definition) is 3. The van der Waals surface area contributed by atoms with Crippen molar-refractivity contribution in [3.05, 3.63) is 147 Å². The van der Waals surface area contributed by atoms with Crippen LogP contribution in [0.5, 0.6) is 11.5 Å². The Hall–Kier alpha value is -5.52. The van der Waals surface area contributed by atoms with Crippen LogP contribution in [0, 0.1) is 5.41 Å². The van der Waals surface area contributed by atoms with Gasteiger partial charge in [0, 0.05) is 39.5 Å². The summed E-state index contributed by atoms with van der Waals surface area (Å²) in [5, 5.41) is 6.94. The highest BCUT2D eigenvalue weighted by Gasteiger charge is 2.35. The first-order valence-electron chi connectivity index (χ1n) is 17.0.